The summed E-state index contributed by atoms with van der Waals surface area (Å²) in [6, 6.07) is 24.8. The van der Waals surface area contributed by atoms with E-state index in [0.717, 1.165) is 25.3 Å². The number of rotatable bonds is 4. The molecule has 3 aromatic carbocycles. The molecular formula is C25H25N5O. The van der Waals surface area contributed by atoms with Gasteiger partial charge in [-0.05, 0) is 28.5 Å². The van der Waals surface area contributed by atoms with E-state index in [1.165, 1.54) is 16.3 Å². The second-order valence-corrected chi connectivity index (χ2v) is 7.84. The summed E-state index contributed by atoms with van der Waals surface area (Å²) in [6.45, 7) is 4.05. The smallest absolute Gasteiger partial charge is 0.322 e. The molecule has 2 amide bonds. The lowest BCUT2D eigenvalue weighted by Crippen LogP contribution is -2.49. The second kappa shape index (κ2) is 8.62. The molecule has 1 aliphatic heterocycles. The zero-order valence-corrected chi connectivity index (χ0v) is 17.3. The maximum absolute atomic E-state index is 12.7. The predicted octanol–water partition coefficient (Wildman–Crippen LogP) is 4.38. The number of nitrogens with zero attached hydrogens (tertiary/aromatic N) is 4. The third-order valence-corrected chi connectivity index (χ3v) is 5.79. The number of aromatic nitrogens is 2. The number of hydrogen-bond donors (Lipinski definition) is 1. The van der Waals surface area contributed by atoms with Crippen LogP contribution in [0.5, 0.6) is 0 Å². The van der Waals surface area contributed by atoms with Crippen molar-refractivity contribution in [3.63, 3.8) is 0 Å². The van der Waals surface area contributed by atoms with Gasteiger partial charge in [-0.2, -0.15) is 5.10 Å². The van der Waals surface area contributed by atoms with Crippen LogP contribution in [0.15, 0.2) is 85.2 Å². The Bertz CT molecular complexity index is 1170. The van der Waals surface area contributed by atoms with E-state index in [-0.39, 0.29) is 6.03 Å². The topological polar surface area (TPSA) is 53.4 Å². The van der Waals surface area contributed by atoms with Crippen LogP contribution >= 0.6 is 0 Å². The van der Waals surface area contributed by atoms with Gasteiger partial charge in [-0.15, -0.1) is 0 Å². The lowest BCUT2D eigenvalue weighted by atomic mass is 10.0. The van der Waals surface area contributed by atoms with Gasteiger partial charge >= 0.3 is 6.03 Å². The van der Waals surface area contributed by atoms with Gasteiger partial charge in [-0.25, -0.2) is 9.48 Å². The third-order valence-electron chi connectivity index (χ3n) is 5.79. The van der Waals surface area contributed by atoms with Gasteiger partial charge in [0.05, 0.1) is 23.8 Å². The summed E-state index contributed by atoms with van der Waals surface area (Å²) >= 11 is 0. The zero-order chi connectivity index (χ0) is 21.0. The highest BCUT2D eigenvalue weighted by Crippen LogP contribution is 2.21. The second-order valence-electron chi connectivity index (χ2n) is 7.84. The van der Waals surface area contributed by atoms with Crippen LogP contribution in [0.2, 0.25) is 0 Å². The van der Waals surface area contributed by atoms with Crippen molar-refractivity contribution in [2.24, 2.45) is 0 Å². The van der Waals surface area contributed by atoms with Crippen molar-refractivity contribution in [1.29, 1.82) is 0 Å². The maximum atomic E-state index is 12.7. The maximum Gasteiger partial charge on any atom is 0.322 e. The van der Waals surface area contributed by atoms with Gasteiger partial charge in [-0.3, -0.25) is 4.90 Å². The van der Waals surface area contributed by atoms with Crippen molar-refractivity contribution in [1.82, 2.24) is 19.6 Å². The molecule has 1 saturated heterocycles. The van der Waals surface area contributed by atoms with Gasteiger partial charge in [0, 0.05) is 32.7 Å². The first-order chi connectivity index (χ1) is 15.3. The Labute approximate surface area is 181 Å². The van der Waals surface area contributed by atoms with Gasteiger partial charge < -0.3 is 10.2 Å². The molecule has 156 valence electrons. The summed E-state index contributed by atoms with van der Waals surface area (Å²) in [5.41, 5.74) is 3.00. The first-order valence-electron chi connectivity index (χ1n) is 10.6. The quantitative estimate of drug-likeness (QED) is 0.542. The minimum Gasteiger partial charge on any atom is -0.322 e. The molecule has 0 aliphatic carbocycles. The van der Waals surface area contributed by atoms with Crippen LogP contribution in [0.1, 0.15) is 5.56 Å². The average Bonchev–Trinajstić information content (AvgIpc) is 3.29. The lowest BCUT2D eigenvalue weighted by Gasteiger charge is -2.34. The highest BCUT2D eigenvalue weighted by molar-refractivity contribution is 5.89. The number of anilines is 1. The molecule has 0 saturated carbocycles. The van der Waals surface area contributed by atoms with Crippen molar-refractivity contribution in [3.05, 3.63) is 90.8 Å². The molecule has 1 fully saturated rings. The van der Waals surface area contributed by atoms with Crippen molar-refractivity contribution >= 4 is 22.5 Å². The van der Waals surface area contributed by atoms with Crippen LogP contribution in [-0.4, -0.2) is 51.8 Å². The van der Waals surface area contributed by atoms with E-state index < -0.39 is 0 Å². The molecule has 4 aromatic rings. The number of fused-ring (bicyclic) bond motifs is 1. The first kappa shape index (κ1) is 19.3. The molecule has 0 radical (unpaired) electrons. The molecule has 0 atom stereocenters. The summed E-state index contributed by atoms with van der Waals surface area (Å²) in [4.78, 5) is 17.0. The number of urea groups is 1. The molecule has 0 bridgehead atoms. The number of carbonyl (C=O) groups is 1. The fourth-order valence-electron chi connectivity index (χ4n) is 4.09. The van der Waals surface area contributed by atoms with Gasteiger partial charge in [-0.1, -0.05) is 60.7 Å². The van der Waals surface area contributed by atoms with Crippen LogP contribution in [0, 0.1) is 0 Å². The van der Waals surface area contributed by atoms with Crippen LogP contribution in [0.3, 0.4) is 0 Å². The highest BCUT2D eigenvalue weighted by Gasteiger charge is 2.22. The Hall–Kier alpha value is -3.64. The molecule has 6 heteroatoms. The summed E-state index contributed by atoms with van der Waals surface area (Å²) in [6.07, 6.45) is 3.52. The normalized spacial score (nSPS) is 14.6. The van der Waals surface area contributed by atoms with E-state index in [1.807, 2.05) is 41.4 Å². The van der Waals surface area contributed by atoms with Crippen LogP contribution in [0.25, 0.3) is 16.5 Å². The number of amides is 2. The van der Waals surface area contributed by atoms with Crippen LogP contribution in [0.4, 0.5) is 10.5 Å². The molecule has 6 nitrogen and oxygen atoms in total. The fourth-order valence-corrected chi connectivity index (χ4v) is 4.09. The van der Waals surface area contributed by atoms with Crippen molar-refractivity contribution in [2.45, 2.75) is 6.54 Å². The molecule has 2 heterocycles. The minimum absolute atomic E-state index is 0.0718. The molecule has 1 aromatic heterocycles. The van der Waals surface area contributed by atoms with Gasteiger partial charge in [0.1, 0.15) is 0 Å². The standard InChI is InChI=1S/C25H25N5O/c31-25(27-22-17-26-30(19-22)23-10-2-1-3-11-23)29-15-13-28(14-16-29)18-21-9-6-8-20-7-4-5-12-24(20)21/h1-12,17,19H,13-16,18H2,(H,27,31). The van der Waals surface area contributed by atoms with E-state index in [0.29, 0.717) is 18.8 Å². The van der Waals surface area contributed by atoms with E-state index in [4.69, 9.17) is 0 Å². The molecule has 0 spiro atoms. The minimum atomic E-state index is -0.0718. The first-order valence-corrected chi connectivity index (χ1v) is 10.6. The van der Waals surface area contributed by atoms with Crippen LogP contribution in [-0.2, 0) is 6.54 Å². The van der Waals surface area contributed by atoms with E-state index in [1.54, 1.807) is 10.9 Å². The summed E-state index contributed by atoms with van der Waals surface area (Å²) in [5, 5.41) is 9.90. The zero-order valence-electron chi connectivity index (χ0n) is 17.3. The number of benzene rings is 3. The number of carbonyl (C=O) groups excluding carboxylic acids is 1. The molecular weight excluding hydrogens is 386 g/mol. The predicted molar refractivity (Wildman–Crippen MR) is 123 cm³/mol. The Balaban J connectivity index is 1.17. The summed E-state index contributed by atoms with van der Waals surface area (Å²) in [5.74, 6) is 0. The lowest BCUT2D eigenvalue weighted by molar-refractivity contribution is 0.143. The van der Waals surface area contributed by atoms with E-state index >= 15 is 0 Å². The number of piperazine rings is 1. The SMILES string of the molecule is O=C(Nc1cnn(-c2ccccc2)c1)N1CCN(Cc2cccc3ccccc23)CC1. The Morgan fingerprint density at radius 3 is 2.45 bits per heavy atom. The van der Waals surface area contributed by atoms with E-state index in [9.17, 15) is 4.79 Å². The van der Waals surface area contributed by atoms with Crippen molar-refractivity contribution in [3.8, 4) is 5.69 Å². The average molecular weight is 412 g/mol. The molecule has 1 aliphatic rings. The number of nitrogens with one attached hydrogen (secondary N) is 1. The number of para-hydroxylation sites is 1. The van der Waals surface area contributed by atoms with Crippen molar-refractivity contribution < 1.29 is 4.79 Å². The van der Waals surface area contributed by atoms with Gasteiger partial charge in [0.25, 0.3) is 0 Å². The fraction of sp³-hybridized carbons (Fsp3) is 0.200. The number of hydrogen-bond acceptors (Lipinski definition) is 3. The molecule has 31 heavy (non-hydrogen) atoms. The van der Waals surface area contributed by atoms with Gasteiger partial charge in [0.2, 0.25) is 0 Å². The highest BCUT2D eigenvalue weighted by atomic mass is 16.2. The Morgan fingerprint density at radius 2 is 1.61 bits per heavy atom. The summed E-state index contributed by atoms with van der Waals surface area (Å²) < 4.78 is 1.76. The van der Waals surface area contributed by atoms with Gasteiger partial charge in [0.15, 0.2) is 0 Å². The van der Waals surface area contributed by atoms with Crippen LogP contribution < -0.4 is 5.32 Å². The molecule has 1 N–H and O–H groups in total. The monoisotopic (exact) mass is 411 g/mol. The van der Waals surface area contributed by atoms with Crippen molar-refractivity contribution in [2.75, 3.05) is 31.5 Å². The molecule has 5 rings (SSSR count). The third kappa shape index (κ3) is 4.29. The Morgan fingerprint density at radius 1 is 0.871 bits per heavy atom. The Kier molecular flexibility index (Phi) is 5.37. The summed E-state index contributed by atoms with van der Waals surface area (Å²) in [7, 11) is 0. The largest absolute Gasteiger partial charge is 0.322 e. The molecule has 0 unspecified atom stereocenters. The van der Waals surface area contributed by atoms with E-state index in [2.05, 4.69) is 57.8 Å².